The Labute approximate surface area is 256 Å². The number of aromatic nitrogens is 4. The van der Waals surface area contributed by atoms with Crippen molar-refractivity contribution in [2.24, 2.45) is 5.41 Å². The normalized spacial score (nSPS) is 11.5. The lowest BCUT2D eigenvalue weighted by Crippen LogP contribution is -2.32. The monoisotopic (exact) mass is 605 g/mol. The summed E-state index contributed by atoms with van der Waals surface area (Å²) in [5.41, 5.74) is 2.61. The van der Waals surface area contributed by atoms with Gasteiger partial charge in [0, 0.05) is 39.5 Å². The second-order valence-corrected chi connectivity index (χ2v) is 12.6. The van der Waals surface area contributed by atoms with E-state index in [0.29, 0.717) is 33.5 Å². The van der Waals surface area contributed by atoms with Crippen molar-refractivity contribution in [2.75, 3.05) is 6.54 Å². The van der Waals surface area contributed by atoms with Crippen LogP contribution in [0.4, 0.5) is 4.79 Å². The van der Waals surface area contributed by atoms with Gasteiger partial charge in [-0.25, -0.2) is 14.5 Å². The lowest BCUT2D eigenvalue weighted by atomic mass is 9.87. The van der Waals surface area contributed by atoms with E-state index < -0.39 is 17.1 Å². The van der Waals surface area contributed by atoms with Gasteiger partial charge in [0.05, 0.1) is 35.8 Å². The van der Waals surface area contributed by atoms with E-state index in [-0.39, 0.29) is 12.3 Å². The van der Waals surface area contributed by atoms with Gasteiger partial charge in [0.1, 0.15) is 11.3 Å². The van der Waals surface area contributed by atoms with Crippen molar-refractivity contribution in [2.45, 2.75) is 53.7 Å². The quantitative estimate of drug-likeness (QED) is 0.185. The molecule has 0 aliphatic carbocycles. The number of carbonyl (C=O) groups excluding carboxylic acids is 2. The van der Waals surface area contributed by atoms with E-state index in [1.165, 1.54) is 0 Å². The zero-order chi connectivity index (χ0) is 30.7. The molecule has 0 saturated carbocycles. The van der Waals surface area contributed by atoms with Crippen LogP contribution in [0.1, 0.15) is 63.2 Å². The summed E-state index contributed by atoms with van der Waals surface area (Å²) in [6, 6.07) is 12.7. The molecule has 0 saturated heterocycles. The fraction of sp³-hybridized carbons (Fsp3) is 0.312. The number of ether oxygens (including phenoxy) is 1. The predicted molar refractivity (Wildman–Crippen MR) is 165 cm³/mol. The van der Waals surface area contributed by atoms with E-state index in [1.807, 2.05) is 55.8 Å². The Kier molecular flexibility index (Phi) is 9.15. The third-order valence-electron chi connectivity index (χ3n) is 6.03. The maximum absolute atomic E-state index is 13.7. The zero-order valence-electron chi connectivity index (χ0n) is 24.5. The molecule has 2 heterocycles. The molecule has 0 unspecified atom stereocenters. The van der Waals surface area contributed by atoms with Gasteiger partial charge in [-0.05, 0) is 51.1 Å². The molecule has 1 amide bonds. The van der Waals surface area contributed by atoms with E-state index in [9.17, 15) is 9.59 Å². The Bertz CT molecular complexity index is 1650. The number of Topliss-reactive ketones (excluding diaryl/α,β-unsaturated/α-hetero) is 1. The van der Waals surface area contributed by atoms with Crippen LogP contribution >= 0.6 is 23.2 Å². The highest BCUT2D eigenvalue weighted by Crippen LogP contribution is 2.35. The number of ketones is 1. The van der Waals surface area contributed by atoms with Crippen molar-refractivity contribution in [1.29, 1.82) is 0 Å². The number of hydrogen-bond acceptors (Lipinski definition) is 5. The molecule has 4 aromatic rings. The minimum Gasteiger partial charge on any atom is -0.444 e. The van der Waals surface area contributed by atoms with Gasteiger partial charge in [-0.2, -0.15) is 5.10 Å². The number of imidazole rings is 1. The van der Waals surface area contributed by atoms with E-state index in [4.69, 9.17) is 33.0 Å². The van der Waals surface area contributed by atoms with Crippen LogP contribution < -0.4 is 5.32 Å². The maximum Gasteiger partial charge on any atom is 0.408 e. The molecule has 0 bridgehead atoms. The van der Waals surface area contributed by atoms with Crippen LogP contribution in [0.25, 0.3) is 16.9 Å². The van der Waals surface area contributed by atoms with Gasteiger partial charge in [0.15, 0.2) is 5.78 Å². The molecule has 0 atom stereocenters. The molecule has 218 valence electrons. The van der Waals surface area contributed by atoms with Crippen LogP contribution in [-0.2, 0) is 11.3 Å². The molecule has 0 spiro atoms. The summed E-state index contributed by atoms with van der Waals surface area (Å²) in [7, 11) is 0. The summed E-state index contributed by atoms with van der Waals surface area (Å²) in [5, 5.41) is 8.45. The molecule has 8 nitrogen and oxygen atoms in total. The Hall–Kier alpha value is -4.06. The highest BCUT2D eigenvalue weighted by molar-refractivity contribution is 6.32. The Balaban J connectivity index is 1.77. The van der Waals surface area contributed by atoms with Crippen molar-refractivity contribution in [3.8, 4) is 28.8 Å². The molecule has 0 fully saturated rings. The van der Waals surface area contributed by atoms with E-state index in [0.717, 1.165) is 16.8 Å². The van der Waals surface area contributed by atoms with Crippen molar-refractivity contribution < 1.29 is 14.3 Å². The van der Waals surface area contributed by atoms with Crippen molar-refractivity contribution in [3.63, 3.8) is 0 Å². The summed E-state index contributed by atoms with van der Waals surface area (Å²) < 4.78 is 8.83. The second kappa shape index (κ2) is 12.4. The van der Waals surface area contributed by atoms with Gasteiger partial charge in [0.2, 0.25) is 0 Å². The first-order valence-electron chi connectivity index (χ1n) is 13.4. The van der Waals surface area contributed by atoms with Crippen LogP contribution in [0, 0.1) is 17.3 Å². The summed E-state index contributed by atoms with van der Waals surface area (Å²) in [4.78, 5) is 29.7. The topological polar surface area (TPSA) is 91.0 Å². The number of rotatable bonds is 6. The van der Waals surface area contributed by atoms with Crippen molar-refractivity contribution in [1.82, 2.24) is 24.6 Å². The summed E-state index contributed by atoms with van der Waals surface area (Å²) in [6.45, 7) is 11.5. The lowest BCUT2D eigenvalue weighted by Gasteiger charge is -2.19. The largest absolute Gasteiger partial charge is 0.444 e. The number of alkyl carbamates (subject to hydrolysis) is 1. The summed E-state index contributed by atoms with van der Waals surface area (Å²) in [6.07, 6.45) is 4.70. The average molecular weight is 607 g/mol. The lowest BCUT2D eigenvalue weighted by molar-refractivity contribution is 0.0535. The molecule has 2 aromatic heterocycles. The third-order valence-corrected chi connectivity index (χ3v) is 6.58. The van der Waals surface area contributed by atoms with Gasteiger partial charge in [0.25, 0.3) is 0 Å². The minimum absolute atomic E-state index is 0.0947. The Morgan fingerprint density at radius 2 is 1.74 bits per heavy atom. The number of amides is 1. The second-order valence-electron chi connectivity index (χ2n) is 11.7. The minimum atomic E-state index is -0.670. The van der Waals surface area contributed by atoms with Gasteiger partial charge in [-0.3, -0.25) is 4.79 Å². The molecule has 0 aliphatic rings. The van der Waals surface area contributed by atoms with Crippen LogP contribution in [0.15, 0.2) is 61.2 Å². The Morgan fingerprint density at radius 3 is 2.33 bits per heavy atom. The number of halogens is 2. The fourth-order valence-electron chi connectivity index (χ4n) is 4.11. The standard InChI is InChI=1S/C32H33Cl2N5O3/c1-31(2,3)29(40)27-24(19-38-17-16-35-20-38)28(22-10-12-23(33)13-11-22)39(37-27)26-14-9-21(18-25(26)34)8-7-15-36-30(41)42-32(4,5)6/h9-14,16-18,20H,15,19H2,1-6H3,(H,36,41). The van der Waals surface area contributed by atoms with Crippen LogP contribution in [0.3, 0.4) is 0 Å². The van der Waals surface area contributed by atoms with Gasteiger partial charge < -0.3 is 14.6 Å². The van der Waals surface area contributed by atoms with Crippen LogP contribution in [0.5, 0.6) is 0 Å². The summed E-state index contributed by atoms with van der Waals surface area (Å²) in [5.74, 6) is 5.82. The highest BCUT2D eigenvalue weighted by atomic mass is 35.5. The SMILES string of the molecule is CC(C)(C)OC(=O)NCC#Cc1ccc(-n2nc(C(=O)C(C)(C)C)c(Cn3ccnc3)c2-c2ccc(Cl)cc2)c(Cl)c1. The average Bonchev–Trinajstić information content (AvgIpc) is 3.54. The number of nitrogens with one attached hydrogen (secondary N) is 1. The fourth-order valence-corrected chi connectivity index (χ4v) is 4.50. The van der Waals surface area contributed by atoms with Gasteiger partial charge >= 0.3 is 6.09 Å². The van der Waals surface area contributed by atoms with Gasteiger partial charge in [-0.15, -0.1) is 0 Å². The van der Waals surface area contributed by atoms with E-state index >= 15 is 0 Å². The summed E-state index contributed by atoms with van der Waals surface area (Å²) >= 11 is 13.0. The number of hydrogen-bond donors (Lipinski definition) is 1. The maximum atomic E-state index is 13.7. The first-order chi connectivity index (χ1) is 19.7. The third kappa shape index (κ3) is 7.61. The molecular formula is C32H33Cl2N5O3. The smallest absolute Gasteiger partial charge is 0.408 e. The zero-order valence-corrected chi connectivity index (χ0v) is 26.0. The van der Waals surface area contributed by atoms with Crippen molar-refractivity contribution >= 4 is 35.1 Å². The number of nitrogens with zero attached hydrogens (tertiary/aromatic N) is 4. The van der Waals surface area contributed by atoms with Crippen LogP contribution in [0.2, 0.25) is 10.0 Å². The van der Waals surface area contributed by atoms with Gasteiger partial charge in [-0.1, -0.05) is 67.9 Å². The molecule has 42 heavy (non-hydrogen) atoms. The number of carbonyl (C=O) groups is 2. The highest BCUT2D eigenvalue weighted by Gasteiger charge is 2.32. The molecule has 4 rings (SSSR count). The Morgan fingerprint density at radius 1 is 1.02 bits per heavy atom. The molecule has 0 aliphatic heterocycles. The van der Waals surface area contributed by atoms with E-state index in [2.05, 4.69) is 22.1 Å². The molecule has 1 N–H and O–H groups in total. The first-order valence-corrected chi connectivity index (χ1v) is 14.1. The molecule has 2 aromatic carbocycles. The molecular weight excluding hydrogens is 573 g/mol. The number of benzene rings is 2. The first kappa shape index (κ1) is 30.9. The molecule has 0 radical (unpaired) electrons. The van der Waals surface area contributed by atoms with Crippen LogP contribution in [-0.4, -0.2) is 43.4 Å². The van der Waals surface area contributed by atoms with E-state index in [1.54, 1.807) is 56.2 Å². The van der Waals surface area contributed by atoms with Crippen molar-refractivity contribution in [3.05, 3.63) is 88.1 Å². The molecule has 10 heteroatoms. The predicted octanol–water partition coefficient (Wildman–Crippen LogP) is 7.20.